The van der Waals surface area contributed by atoms with Gasteiger partial charge >= 0.3 is 23.9 Å². The van der Waals surface area contributed by atoms with Crippen molar-refractivity contribution in [3.8, 4) is 0 Å². The van der Waals surface area contributed by atoms with Crippen LogP contribution in [0.25, 0.3) is 0 Å². The number of carboxylic acids is 4. The first kappa shape index (κ1) is 16.7. The maximum atomic E-state index is 12.3. The van der Waals surface area contributed by atoms with Crippen LogP contribution in [0.3, 0.4) is 0 Å². The van der Waals surface area contributed by atoms with Crippen molar-refractivity contribution in [2.45, 2.75) is 51.4 Å². The third-order valence-corrected chi connectivity index (χ3v) is 7.08. The van der Waals surface area contributed by atoms with Crippen LogP contribution < -0.4 is 0 Å². The predicted molar refractivity (Wildman–Crippen MR) is 77.2 cm³/mol. The summed E-state index contributed by atoms with van der Waals surface area (Å²) in [6.07, 6.45) is 1.06. The second kappa shape index (κ2) is 4.70. The molecule has 0 aromatic carbocycles. The van der Waals surface area contributed by atoms with Crippen molar-refractivity contribution in [2.24, 2.45) is 21.7 Å². The second-order valence-electron chi connectivity index (χ2n) is 7.26. The van der Waals surface area contributed by atoms with E-state index in [1.54, 1.807) is 0 Å². The zero-order valence-corrected chi connectivity index (χ0v) is 13.1. The van der Waals surface area contributed by atoms with Crippen molar-refractivity contribution < 1.29 is 39.6 Å². The van der Waals surface area contributed by atoms with Crippen molar-refractivity contribution in [2.75, 3.05) is 0 Å². The Hall–Kier alpha value is -2.12. The molecule has 3 saturated carbocycles. The van der Waals surface area contributed by atoms with Crippen molar-refractivity contribution >= 4 is 23.9 Å². The third-order valence-electron chi connectivity index (χ3n) is 7.08. The Bertz CT molecular complexity index is 528. The Balaban J connectivity index is 2.44. The Labute approximate surface area is 137 Å². The molecule has 0 spiro atoms. The fourth-order valence-corrected chi connectivity index (χ4v) is 6.55. The molecule has 132 valence electrons. The van der Waals surface area contributed by atoms with E-state index in [1.165, 1.54) is 0 Å². The van der Waals surface area contributed by atoms with Gasteiger partial charge < -0.3 is 20.4 Å². The van der Waals surface area contributed by atoms with Gasteiger partial charge in [0.1, 0.15) is 21.7 Å². The van der Waals surface area contributed by atoms with Gasteiger partial charge in [0, 0.05) is 0 Å². The number of carboxylic acid groups (broad SMARTS) is 4. The lowest BCUT2D eigenvalue weighted by atomic mass is 9.19. The number of fused-ring (bicyclic) bond motifs is 4. The number of hydrogen-bond acceptors (Lipinski definition) is 4. The molecule has 8 nitrogen and oxygen atoms in total. The van der Waals surface area contributed by atoms with Gasteiger partial charge in [0.05, 0.1) is 0 Å². The number of aliphatic carboxylic acids is 4. The summed E-state index contributed by atoms with van der Waals surface area (Å²) in [5.41, 5.74) is -8.30. The minimum absolute atomic E-state index is 0.115. The number of rotatable bonds is 4. The van der Waals surface area contributed by atoms with Crippen LogP contribution in [0, 0.1) is 21.7 Å². The first-order valence-corrected chi connectivity index (χ1v) is 8.13. The molecule has 0 saturated heterocycles. The van der Waals surface area contributed by atoms with Crippen LogP contribution in [0.15, 0.2) is 0 Å². The molecule has 8 heteroatoms. The zero-order chi connectivity index (χ0) is 18.0. The van der Waals surface area contributed by atoms with Crippen molar-refractivity contribution in [1.82, 2.24) is 0 Å². The largest absolute Gasteiger partial charge is 0.481 e. The molecule has 24 heavy (non-hydrogen) atoms. The van der Waals surface area contributed by atoms with Crippen LogP contribution in [-0.2, 0) is 19.2 Å². The van der Waals surface area contributed by atoms with E-state index in [4.69, 9.17) is 0 Å². The molecule has 0 amide bonds. The SMILES string of the molecule is O=C(O)C12CCCCC1(C(=O)O)C1(C(=O)O)CCCCC21C(=O)O. The number of hydrogen-bond donors (Lipinski definition) is 4. The van der Waals surface area contributed by atoms with Gasteiger partial charge in [-0.15, -0.1) is 0 Å². The Kier molecular flexibility index (Phi) is 3.28. The molecular weight excluding hydrogens is 320 g/mol. The molecule has 0 aromatic heterocycles. The van der Waals surface area contributed by atoms with E-state index in [1.807, 2.05) is 0 Å². The van der Waals surface area contributed by atoms with Gasteiger partial charge in [-0.1, -0.05) is 25.7 Å². The maximum Gasteiger partial charge on any atom is 0.312 e. The van der Waals surface area contributed by atoms with E-state index < -0.39 is 45.5 Å². The summed E-state index contributed by atoms with van der Waals surface area (Å²) in [5, 5.41) is 39.9. The smallest absolute Gasteiger partial charge is 0.312 e. The lowest BCUT2D eigenvalue weighted by Gasteiger charge is -2.77. The van der Waals surface area contributed by atoms with Gasteiger partial charge in [-0.2, -0.15) is 0 Å². The van der Waals surface area contributed by atoms with Crippen LogP contribution in [0.1, 0.15) is 51.4 Å². The average Bonchev–Trinajstić information content (AvgIpc) is 2.50. The highest BCUT2D eigenvalue weighted by Gasteiger charge is 2.97. The van der Waals surface area contributed by atoms with Gasteiger partial charge in [-0.05, 0) is 25.7 Å². The van der Waals surface area contributed by atoms with Gasteiger partial charge in [0.25, 0.3) is 0 Å². The first-order chi connectivity index (χ1) is 11.2. The maximum absolute atomic E-state index is 12.3. The van der Waals surface area contributed by atoms with Gasteiger partial charge in [-0.3, -0.25) is 19.2 Å². The monoisotopic (exact) mass is 340 g/mol. The quantitative estimate of drug-likeness (QED) is 0.600. The summed E-state index contributed by atoms with van der Waals surface area (Å²) in [7, 11) is 0. The Morgan fingerprint density at radius 3 is 0.750 bits per heavy atom. The van der Waals surface area contributed by atoms with E-state index >= 15 is 0 Å². The fraction of sp³-hybridized carbons (Fsp3) is 0.750. The molecule has 0 bridgehead atoms. The minimum atomic E-state index is -2.07. The lowest BCUT2D eigenvalue weighted by Crippen LogP contribution is -2.88. The summed E-state index contributed by atoms with van der Waals surface area (Å²) in [5.74, 6) is -5.98. The summed E-state index contributed by atoms with van der Waals surface area (Å²) in [6, 6.07) is 0. The fourth-order valence-electron chi connectivity index (χ4n) is 6.55. The van der Waals surface area contributed by atoms with Crippen LogP contribution in [0.2, 0.25) is 0 Å². The highest BCUT2D eigenvalue weighted by atomic mass is 16.4. The van der Waals surface area contributed by atoms with Crippen molar-refractivity contribution in [3.05, 3.63) is 0 Å². The summed E-state index contributed by atoms with van der Waals surface area (Å²) in [6.45, 7) is 0. The Morgan fingerprint density at radius 1 is 0.458 bits per heavy atom. The van der Waals surface area contributed by atoms with Gasteiger partial charge in [-0.25, -0.2) is 0 Å². The molecule has 3 rings (SSSR count). The zero-order valence-electron chi connectivity index (χ0n) is 13.1. The molecule has 4 N–H and O–H groups in total. The van der Waals surface area contributed by atoms with Crippen molar-refractivity contribution in [3.63, 3.8) is 0 Å². The molecule has 0 heterocycles. The summed E-state index contributed by atoms with van der Waals surface area (Å²) in [4.78, 5) is 49.0. The Morgan fingerprint density at radius 2 is 0.625 bits per heavy atom. The molecule has 3 aliphatic carbocycles. The summed E-state index contributed by atoms with van der Waals surface area (Å²) < 4.78 is 0. The summed E-state index contributed by atoms with van der Waals surface area (Å²) >= 11 is 0. The highest BCUT2D eigenvalue weighted by molar-refractivity contribution is 6.06. The second-order valence-corrected chi connectivity index (χ2v) is 7.26. The molecular formula is C16H20O8. The standard InChI is InChI=1S/C16H20O8/c17-9(18)13-5-1-2-6-14(13,10(19)20)16(12(23)24)8-4-3-7-15(13,16)11(21)22/h1-8H2,(H,17,18)(H,19,20)(H,21,22)(H,23,24). The average molecular weight is 340 g/mol. The third kappa shape index (κ3) is 1.23. The van der Waals surface area contributed by atoms with Crippen LogP contribution in [-0.4, -0.2) is 44.3 Å². The number of carbonyl (C=O) groups is 4. The molecule has 3 aliphatic rings. The molecule has 0 radical (unpaired) electrons. The first-order valence-electron chi connectivity index (χ1n) is 8.13. The predicted octanol–water partition coefficient (Wildman–Crippen LogP) is 1.43. The van der Waals surface area contributed by atoms with E-state index in [2.05, 4.69) is 0 Å². The van der Waals surface area contributed by atoms with E-state index in [0.29, 0.717) is 25.7 Å². The molecule has 0 atom stereocenters. The lowest BCUT2D eigenvalue weighted by molar-refractivity contribution is -0.335. The van der Waals surface area contributed by atoms with E-state index in [9.17, 15) is 39.6 Å². The topological polar surface area (TPSA) is 149 Å². The van der Waals surface area contributed by atoms with Crippen LogP contribution >= 0.6 is 0 Å². The molecule has 0 unspecified atom stereocenters. The highest BCUT2D eigenvalue weighted by Crippen LogP contribution is 2.86. The van der Waals surface area contributed by atoms with E-state index in [-0.39, 0.29) is 25.7 Å². The van der Waals surface area contributed by atoms with Crippen molar-refractivity contribution in [1.29, 1.82) is 0 Å². The van der Waals surface area contributed by atoms with Crippen LogP contribution in [0.4, 0.5) is 0 Å². The van der Waals surface area contributed by atoms with Gasteiger partial charge in [0.15, 0.2) is 0 Å². The van der Waals surface area contributed by atoms with E-state index in [0.717, 1.165) is 0 Å². The molecule has 3 fully saturated rings. The minimum Gasteiger partial charge on any atom is -0.481 e. The molecule has 0 aromatic rings. The normalized spacial score (nSPS) is 43.7. The van der Waals surface area contributed by atoms with Gasteiger partial charge in [0.2, 0.25) is 0 Å². The molecule has 0 aliphatic heterocycles. The van der Waals surface area contributed by atoms with Crippen LogP contribution in [0.5, 0.6) is 0 Å².